The third-order valence-corrected chi connectivity index (χ3v) is 20.0. The Morgan fingerprint density at radius 2 is 1.06 bits per heavy atom. The van der Waals surface area contributed by atoms with Crippen molar-refractivity contribution in [1.82, 2.24) is 9.55 Å². The van der Waals surface area contributed by atoms with E-state index in [1.54, 1.807) is 0 Å². The Morgan fingerprint density at radius 1 is 0.647 bits per heavy atom. The van der Waals surface area contributed by atoms with E-state index in [4.69, 9.17) is 13.6 Å². The van der Waals surface area contributed by atoms with Gasteiger partial charge in [0, 0.05) is 17.8 Å². The third-order valence-electron chi connectivity index (χ3n) is 10.0. The van der Waals surface area contributed by atoms with Crippen LogP contribution in [0.2, 0.25) is 10.1 Å². The van der Waals surface area contributed by atoms with E-state index in [2.05, 4.69) is 144 Å². The highest BCUT2D eigenvalue weighted by molar-refractivity contribution is 7.00. The first-order chi connectivity index (χ1) is 24.3. The molecule has 0 fully saturated rings. The zero-order chi connectivity index (χ0) is 36.4. The van der Waals surface area contributed by atoms with Crippen LogP contribution in [-0.4, -0.2) is 45.0 Å². The number of H-pyrrole nitrogens is 1. The van der Waals surface area contributed by atoms with Crippen LogP contribution in [0.1, 0.15) is 48.5 Å². The van der Waals surface area contributed by atoms with Gasteiger partial charge in [-0.05, 0) is 37.7 Å². The standard InChI is InChI=1S/C42H48N2O5Si2/c1-31-38(49-51(42(5,6)7,34-24-16-10-17-25-34)35-26-18-11-19-27-35)36(48-39(31)44-29-28-37(45)43-40(44)46)30-47-50(41(2,3)4,32-20-12-8-13-21-32)33-22-14-9-15-23-33/h8-29,36,38H,30H2,1-7H3,(H,43,45,46)/t36-,38+/m1/s1. The van der Waals surface area contributed by atoms with Crippen LogP contribution in [0.5, 0.6) is 0 Å². The van der Waals surface area contributed by atoms with Crippen LogP contribution in [-0.2, 0) is 13.6 Å². The highest BCUT2D eigenvalue weighted by atomic mass is 28.4. The van der Waals surface area contributed by atoms with Crippen LogP contribution < -0.4 is 32.0 Å². The van der Waals surface area contributed by atoms with Gasteiger partial charge in [-0.3, -0.25) is 9.78 Å². The molecule has 7 nitrogen and oxygen atoms in total. The number of rotatable bonds is 10. The fourth-order valence-electron chi connectivity index (χ4n) is 7.66. The van der Waals surface area contributed by atoms with E-state index in [1.807, 2.05) is 31.2 Å². The molecule has 1 N–H and O–H groups in total. The molecule has 0 saturated heterocycles. The molecule has 1 aromatic heterocycles. The lowest BCUT2D eigenvalue weighted by atomic mass is 10.1. The molecule has 0 bridgehead atoms. The molecule has 5 aromatic rings. The molecule has 0 unspecified atom stereocenters. The Bertz CT molecular complexity index is 2010. The van der Waals surface area contributed by atoms with Crippen LogP contribution in [0.25, 0.3) is 5.88 Å². The number of hydrogen-bond donors (Lipinski definition) is 1. The molecule has 0 amide bonds. The first-order valence-electron chi connectivity index (χ1n) is 17.5. The molecule has 51 heavy (non-hydrogen) atoms. The molecule has 2 heterocycles. The van der Waals surface area contributed by atoms with E-state index in [-0.39, 0.29) is 16.7 Å². The van der Waals surface area contributed by atoms with E-state index in [0.29, 0.717) is 5.88 Å². The first kappa shape index (κ1) is 36.3. The topological polar surface area (TPSA) is 82.6 Å². The molecule has 4 aromatic carbocycles. The average Bonchev–Trinajstić information content (AvgIpc) is 3.41. The Morgan fingerprint density at radius 3 is 1.45 bits per heavy atom. The van der Waals surface area contributed by atoms with Gasteiger partial charge in [0.25, 0.3) is 22.2 Å². The number of hydrogen-bond acceptors (Lipinski definition) is 5. The summed E-state index contributed by atoms with van der Waals surface area (Å²) in [5.74, 6) is 0.343. The number of benzene rings is 4. The lowest BCUT2D eigenvalue weighted by Gasteiger charge is -2.46. The van der Waals surface area contributed by atoms with Crippen molar-refractivity contribution in [3.63, 3.8) is 0 Å². The summed E-state index contributed by atoms with van der Waals surface area (Å²) >= 11 is 0. The van der Waals surface area contributed by atoms with Gasteiger partial charge in [0.05, 0.1) is 6.61 Å². The minimum atomic E-state index is -3.09. The number of aromatic nitrogens is 2. The maximum atomic E-state index is 13.2. The highest BCUT2D eigenvalue weighted by Crippen LogP contribution is 2.42. The maximum absolute atomic E-state index is 13.2. The monoisotopic (exact) mass is 716 g/mol. The number of nitrogens with zero attached hydrogens (tertiary/aromatic N) is 1. The third kappa shape index (κ3) is 6.67. The molecule has 0 aliphatic carbocycles. The summed E-state index contributed by atoms with van der Waals surface area (Å²) in [6, 6.07) is 43.4. The summed E-state index contributed by atoms with van der Waals surface area (Å²) in [5.41, 5.74) is -0.290. The van der Waals surface area contributed by atoms with Gasteiger partial charge in [-0.25, -0.2) is 9.36 Å². The van der Waals surface area contributed by atoms with Crippen LogP contribution >= 0.6 is 0 Å². The quantitative estimate of drug-likeness (QED) is 0.189. The fraction of sp³-hybridized carbons (Fsp3) is 0.286. The van der Waals surface area contributed by atoms with E-state index in [0.717, 1.165) is 26.3 Å². The van der Waals surface area contributed by atoms with E-state index in [1.165, 1.54) is 16.8 Å². The molecular formula is C42H48N2O5Si2. The zero-order valence-corrected chi connectivity index (χ0v) is 32.6. The Balaban J connectivity index is 1.53. The van der Waals surface area contributed by atoms with Gasteiger partial charge in [-0.2, -0.15) is 0 Å². The van der Waals surface area contributed by atoms with Gasteiger partial charge in [0.1, 0.15) is 6.10 Å². The van der Waals surface area contributed by atoms with E-state index < -0.39 is 40.1 Å². The molecule has 1 aliphatic heterocycles. The smallest absolute Gasteiger partial charge is 0.335 e. The van der Waals surface area contributed by atoms with Gasteiger partial charge in [0.15, 0.2) is 6.10 Å². The Labute approximate surface area is 302 Å². The molecule has 1 aliphatic rings. The molecule has 0 spiro atoms. The van der Waals surface area contributed by atoms with Crippen LogP contribution in [0.3, 0.4) is 0 Å². The molecule has 2 atom stereocenters. The maximum Gasteiger partial charge on any atom is 0.335 e. The highest BCUT2D eigenvalue weighted by Gasteiger charge is 2.55. The Kier molecular flexibility index (Phi) is 10.1. The number of aromatic amines is 1. The predicted octanol–water partition coefficient (Wildman–Crippen LogP) is 5.65. The van der Waals surface area contributed by atoms with Gasteiger partial charge in [0.2, 0.25) is 5.88 Å². The van der Waals surface area contributed by atoms with Crippen molar-refractivity contribution in [3.05, 3.63) is 160 Å². The van der Waals surface area contributed by atoms with Crippen molar-refractivity contribution < 1.29 is 13.6 Å². The number of ether oxygens (including phenoxy) is 1. The van der Waals surface area contributed by atoms with Gasteiger partial charge in [-0.1, -0.05) is 163 Å². The summed E-state index contributed by atoms with van der Waals surface area (Å²) < 4.78 is 23.4. The van der Waals surface area contributed by atoms with Crippen molar-refractivity contribution in [2.45, 2.75) is 70.8 Å². The molecule has 264 valence electrons. The van der Waals surface area contributed by atoms with Gasteiger partial charge >= 0.3 is 5.69 Å². The van der Waals surface area contributed by atoms with Crippen molar-refractivity contribution in [2.75, 3.05) is 6.61 Å². The summed E-state index contributed by atoms with van der Waals surface area (Å²) in [7, 11) is -6.06. The normalized spacial score (nSPS) is 17.0. The van der Waals surface area contributed by atoms with Crippen molar-refractivity contribution in [3.8, 4) is 0 Å². The predicted molar refractivity (Wildman–Crippen MR) is 211 cm³/mol. The SMILES string of the molecule is CC1=C(n2ccc(=O)[nH]c2=O)O[C@H](CO[Si](c2ccccc2)(c2ccccc2)C(C)(C)C)[C@H]1O[Si](c1ccccc1)(c1ccccc1)C(C)(C)C. The lowest BCUT2D eigenvalue weighted by Crippen LogP contribution is -2.69. The van der Waals surface area contributed by atoms with Gasteiger partial charge in [-0.15, -0.1) is 0 Å². The van der Waals surface area contributed by atoms with Crippen LogP contribution in [0.15, 0.2) is 149 Å². The van der Waals surface area contributed by atoms with E-state index in [9.17, 15) is 9.59 Å². The van der Waals surface area contributed by atoms with E-state index >= 15 is 0 Å². The number of nitrogens with one attached hydrogen (secondary N) is 1. The second kappa shape index (κ2) is 14.2. The zero-order valence-electron chi connectivity index (χ0n) is 30.6. The minimum Gasteiger partial charge on any atom is -0.470 e. The van der Waals surface area contributed by atoms with Gasteiger partial charge < -0.3 is 13.6 Å². The molecular weight excluding hydrogens is 669 g/mol. The second-order valence-corrected chi connectivity index (χ2v) is 23.9. The molecule has 6 rings (SSSR count). The van der Waals surface area contributed by atoms with Crippen molar-refractivity contribution in [2.24, 2.45) is 0 Å². The second-order valence-electron chi connectivity index (χ2n) is 15.3. The average molecular weight is 717 g/mol. The van der Waals surface area contributed by atoms with Crippen LogP contribution in [0.4, 0.5) is 0 Å². The fourth-order valence-corrected chi connectivity index (χ4v) is 17.0. The summed E-state index contributed by atoms with van der Waals surface area (Å²) in [5, 5.41) is 4.03. The molecule has 0 saturated carbocycles. The lowest BCUT2D eigenvalue weighted by molar-refractivity contribution is 0.0345. The Hall–Kier alpha value is -4.55. The molecule has 0 radical (unpaired) electrons. The van der Waals surface area contributed by atoms with Crippen molar-refractivity contribution >= 4 is 43.3 Å². The van der Waals surface area contributed by atoms with Crippen molar-refractivity contribution in [1.29, 1.82) is 0 Å². The summed E-state index contributed by atoms with van der Waals surface area (Å²) in [4.78, 5) is 27.7. The summed E-state index contributed by atoms with van der Waals surface area (Å²) in [6.45, 7) is 15.6. The first-order valence-corrected chi connectivity index (χ1v) is 21.3. The minimum absolute atomic E-state index is 0.203. The van der Waals surface area contributed by atoms with Crippen LogP contribution in [0, 0.1) is 0 Å². The summed E-state index contributed by atoms with van der Waals surface area (Å²) in [6.07, 6.45) is 0.274. The largest absolute Gasteiger partial charge is 0.470 e. The molecule has 9 heteroatoms.